The van der Waals surface area contributed by atoms with Crippen LogP contribution in [0.3, 0.4) is 0 Å². The number of carbonyl (C=O) groups is 1. The molecule has 0 aromatic carbocycles. The molecule has 0 radical (unpaired) electrons. The second kappa shape index (κ2) is 6.46. The SMILES string of the molecule is C=COOC(=O)C(=C)CCCC. The van der Waals surface area contributed by atoms with Crippen LogP contribution in [0.15, 0.2) is 25.0 Å². The van der Waals surface area contributed by atoms with E-state index in [2.05, 4.69) is 22.9 Å². The Hall–Kier alpha value is -1.25. The highest BCUT2D eigenvalue weighted by atomic mass is 17.2. The number of hydrogen-bond acceptors (Lipinski definition) is 3. The van der Waals surface area contributed by atoms with E-state index in [1.165, 1.54) is 0 Å². The molecule has 0 aliphatic carbocycles. The number of unbranched alkanes of at least 4 members (excludes halogenated alkanes) is 1. The van der Waals surface area contributed by atoms with Crippen LogP contribution in [0, 0.1) is 0 Å². The fraction of sp³-hybridized carbons (Fsp3) is 0.444. The molecule has 0 N–H and O–H groups in total. The topological polar surface area (TPSA) is 35.5 Å². The van der Waals surface area contributed by atoms with E-state index < -0.39 is 5.97 Å². The monoisotopic (exact) mass is 170 g/mol. The van der Waals surface area contributed by atoms with Crippen LogP contribution in [0.4, 0.5) is 0 Å². The van der Waals surface area contributed by atoms with Crippen molar-refractivity contribution in [2.45, 2.75) is 26.2 Å². The lowest BCUT2D eigenvalue weighted by atomic mass is 10.1. The van der Waals surface area contributed by atoms with Gasteiger partial charge >= 0.3 is 5.97 Å². The van der Waals surface area contributed by atoms with E-state index in [4.69, 9.17) is 0 Å². The predicted octanol–water partition coefficient (Wildman–Crippen LogP) is 2.35. The average Bonchev–Trinajstić information content (AvgIpc) is 2.10. The highest BCUT2D eigenvalue weighted by Crippen LogP contribution is 2.06. The van der Waals surface area contributed by atoms with Crippen molar-refractivity contribution < 1.29 is 14.6 Å². The van der Waals surface area contributed by atoms with Crippen molar-refractivity contribution in [2.24, 2.45) is 0 Å². The molecule has 0 heterocycles. The first kappa shape index (κ1) is 10.8. The molecule has 0 atom stereocenters. The van der Waals surface area contributed by atoms with Gasteiger partial charge in [0, 0.05) is 5.57 Å². The van der Waals surface area contributed by atoms with Crippen LogP contribution in [-0.2, 0) is 14.6 Å². The van der Waals surface area contributed by atoms with Crippen molar-refractivity contribution in [1.29, 1.82) is 0 Å². The van der Waals surface area contributed by atoms with Crippen LogP contribution in [0.25, 0.3) is 0 Å². The van der Waals surface area contributed by atoms with E-state index in [1.54, 1.807) is 0 Å². The van der Waals surface area contributed by atoms with Gasteiger partial charge in [-0.15, -0.1) is 0 Å². The van der Waals surface area contributed by atoms with E-state index >= 15 is 0 Å². The van der Waals surface area contributed by atoms with E-state index in [0.717, 1.165) is 19.1 Å². The molecule has 0 amide bonds. The molecule has 0 unspecified atom stereocenters. The summed E-state index contributed by atoms with van der Waals surface area (Å²) in [5, 5.41) is 0. The summed E-state index contributed by atoms with van der Waals surface area (Å²) in [6, 6.07) is 0. The Morgan fingerprint density at radius 1 is 1.58 bits per heavy atom. The van der Waals surface area contributed by atoms with Crippen LogP contribution in [0.1, 0.15) is 26.2 Å². The van der Waals surface area contributed by atoms with Gasteiger partial charge in [0.15, 0.2) is 0 Å². The van der Waals surface area contributed by atoms with Gasteiger partial charge in [-0.3, -0.25) is 4.89 Å². The van der Waals surface area contributed by atoms with E-state index in [-0.39, 0.29) is 0 Å². The highest BCUT2D eigenvalue weighted by molar-refractivity contribution is 5.87. The van der Waals surface area contributed by atoms with Gasteiger partial charge in [-0.25, -0.2) is 9.68 Å². The summed E-state index contributed by atoms with van der Waals surface area (Å²) in [7, 11) is 0. The Morgan fingerprint density at radius 3 is 2.75 bits per heavy atom. The first-order valence-electron chi connectivity index (χ1n) is 3.88. The van der Waals surface area contributed by atoms with Gasteiger partial charge in [0.2, 0.25) is 0 Å². The van der Waals surface area contributed by atoms with Gasteiger partial charge in [0.05, 0.1) is 0 Å². The molecule has 0 spiro atoms. The molecule has 0 rings (SSSR count). The maximum absolute atomic E-state index is 10.9. The standard InChI is InChI=1S/C9H14O3/c1-4-6-7-8(3)9(10)12-11-5-2/h5H,2-4,6-7H2,1H3. The summed E-state index contributed by atoms with van der Waals surface area (Å²) in [6.07, 6.45) is 3.65. The molecule has 3 heteroatoms. The molecule has 0 saturated carbocycles. The molecule has 0 aromatic rings. The summed E-state index contributed by atoms with van der Waals surface area (Å²) in [5.41, 5.74) is 0.429. The molecule has 0 aromatic heterocycles. The van der Waals surface area contributed by atoms with Crippen molar-refractivity contribution in [3.05, 3.63) is 25.0 Å². The first-order valence-corrected chi connectivity index (χ1v) is 3.88. The molecule has 0 saturated heterocycles. The zero-order chi connectivity index (χ0) is 9.40. The zero-order valence-corrected chi connectivity index (χ0v) is 7.34. The third-order valence-electron chi connectivity index (χ3n) is 1.31. The van der Waals surface area contributed by atoms with Crippen molar-refractivity contribution in [3.8, 4) is 0 Å². The van der Waals surface area contributed by atoms with Crippen molar-refractivity contribution in [1.82, 2.24) is 0 Å². The molecule has 0 bridgehead atoms. The van der Waals surface area contributed by atoms with Crippen LogP contribution in [0.5, 0.6) is 0 Å². The fourth-order valence-electron chi connectivity index (χ4n) is 0.629. The Labute approximate surface area is 72.6 Å². The molecule has 68 valence electrons. The second-order valence-electron chi connectivity index (χ2n) is 2.34. The minimum atomic E-state index is -0.525. The molecular weight excluding hydrogens is 156 g/mol. The number of carbonyl (C=O) groups excluding carboxylic acids is 1. The van der Waals surface area contributed by atoms with Gasteiger partial charge in [-0.05, 0) is 12.8 Å². The van der Waals surface area contributed by atoms with Gasteiger partial charge in [-0.1, -0.05) is 26.5 Å². The summed E-state index contributed by atoms with van der Waals surface area (Å²) >= 11 is 0. The fourth-order valence-corrected chi connectivity index (χ4v) is 0.629. The lowest BCUT2D eigenvalue weighted by molar-refractivity contribution is -0.233. The first-order chi connectivity index (χ1) is 5.72. The summed E-state index contributed by atoms with van der Waals surface area (Å²) in [6.45, 7) is 8.82. The number of hydrogen-bond donors (Lipinski definition) is 0. The Balaban J connectivity index is 3.61. The minimum absolute atomic E-state index is 0.429. The zero-order valence-electron chi connectivity index (χ0n) is 7.34. The lowest BCUT2D eigenvalue weighted by Crippen LogP contribution is -2.05. The minimum Gasteiger partial charge on any atom is -0.295 e. The van der Waals surface area contributed by atoms with Crippen molar-refractivity contribution in [3.63, 3.8) is 0 Å². The molecular formula is C9H14O3. The summed E-state index contributed by atoms with van der Waals surface area (Å²) in [5.74, 6) is -0.525. The van der Waals surface area contributed by atoms with E-state index in [0.29, 0.717) is 12.0 Å². The van der Waals surface area contributed by atoms with Gasteiger partial charge in [0.1, 0.15) is 6.26 Å². The van der Waals surface area contributed by atoms with Gasteiger partial charge in [0.25, 0.3) is 0 Å². The smallest absolute Gasteiger partial charge is 0.295 e. The summed E-state index contributed by atoms with van der Waals surface area (Å²) in [4.78, 5) is 19.5. The second-order valence-corrected chi connectivity index (χ2v) is 2.34. The maximum atomic E-state index is 10.9. The van der Waals surface area contributed by atoms with E-state index in [1.807, 2.05) is 6.92 Å². The van der Waals surface area contributed by atoms with E-state index in [9.17, 15) is 4.79 Å². The Bertz CT molecular complexity index is 173. The van der Waals surface area contributed by atoms with Crippen LogP contribution < -0.4 is 0 Å². The third kappa shape index (κ3) is 4.55. The summed E-state index contributed by atoms with van der Waals surface area (Å²) < 4.78 is 0. The normalized spacial score (nSPS) is 8.75. The molecule has 0 aliphatic rings. The van der Waals surface area contributed by atoms with Crippen LogP contribution in [0.2, 0.25) is 0 Å². The van der Waals surface area contributed by atoms with Crippen molar-refractivity contribution >= 4 is 5.97 Å². The Kier molecular flexibility index (Phi) is 5.79. The maximum Gasteiger partial charge on any atom is 0.381 e. The number of rotatable bonds is 6. The lowest BCUT2D eigenvalue weighted by Gasteiger charge is -2.01. The predicted molar refractivity (Wildman–Crippen MR) is 46.0 cm³/mol. The van der Waals surface area contributed by atoms with Crippen molar-refractivity contribution in [2.75, 3.05) is 0 Å². The molecule has 12 heavy (non-hydrogen) atoms. The van der Waals surface area contributed by atoms with Crippen LogP contribution in [-0.4, -0.2) is 5.97 Å². The molecule has 0 fully saturated rings. The molecule has 3 nitrogen and oxygen atoms in total. The largest absolute Gasteiger partial charge is 0.381 e. The molecule has 0 aliphatic heterocycles. The quantitative estimate of drug-likeness (QED) is 0.265. The van der Waals surface area contributed by atoms with Gasteiger partial charge < -0.3 is 0 Å². The Morgan fingerprint density at radius 2 is 2.25 bits per heavy atom. The average molecular weight is 170 g/mol. The third-order valence-corrected chi connectivity index (χ3v) is 1.31. The highest BCUT2D eigenvalue weighted by Gasteiger charge is 2.08. The van der Waals surface area contributed by atoms with Gasteiger partial charge in [-0.2, -0.15) is 0 Å². The van der Waals surface area contributed by atoms with Crippen LogP contribution >= 0.6 is 0 Å².